The van der Waals surface area contributed by atoms with Gasteiger partial charge in [-0.2, -0.15) is 0 Å². The first-order valence-corrected chi connectivity index (χ1v) is 4.94. The monoisotopic (exact) mass is 155 g/mol. The van der Waals surface area contributed by atoms with E-state index in [1.54, 1.807) is 0 Å². The standard InChI is InChI=1S/C10H21N/c1-8(2)10-5-3-4-9(6-10)7-11/h8-10H,3-7,11H2,1-2H3/t9-,10-/m0/s1. The maximum Gasteiger partial charge on any atom is -0.00488 e. The molecule has 1 fully saturated rings. The lowest BCUT2D eigenvalue weighted by atomic mass is 9.76. The van der Waals surface area contributed by atoms with Crippen LogP contribution >= 0.6 is 0 Å². The second-order valence-electron chi connectivity index (χ2n) is 4.27. The Balaban J connectivity index is 2.33. The van der Waals surface area contributed by atoms with Crippen molar-refractivity contribution in [2.75, 3.05) is 6.54 Å². The highest BCUT2D eigenvalue weighted by molar-refractivity contribution is 4.75. The molecule has 2 N–H and O–H groups in total. The van der Waals surface area contributed by atoms with Gasteiger partial charge in [0, 0.05) is 0 Å². The van der Waals surface area contributed by atoms with E-state index in [1.165, 1.54) is 25.7 Å². The quantitative estimate of drug-likeness (QED) is 0.651. The zero-order valence-electron chi connectivity index (χ0n) is 7.84. The fraction of sp³-hybridized carbons (Fsp3) is 1.00. The van der Waals surface area contributed by atoms with E-state index in [1.807, 2.05) is 0 Å². The zero-order chi connectivity index (χ0) is 8.27. The fourth-order valence-electron chi connectivity index (χ4n) is 2.15. The first kappa shape index (κ1) is 9.05. The van der Waals surface area contributed by atoms with Crippen LogP contribution in [0.3, 0.4) is 0 Å². The molecule has 0 bridgehead atoms. The molecule has 1 saturated carbocycles. The van der Waals surface area contributed by atoms with Crippen LogP contribution in [-0.4, -0.2) is 6.54 Å². The van der Waals surface area contributed by atoms with Gasteiger partial charge >= 0.3 is 0 Å². The lowest BCUT2D eigenvalue weighted by Crippen LogP contribution is -2.24. The van der Waals surface area contributed by atoms with Gasteiger partial charge in [-0.1, -0.05) is 26.7 Å². The summed E-state index contributed by atoms with van der Waals surface area (Å²) >= 11 is 0. The highest BCUT2D eigenvalue weighted by atomic mass is 14.6. The maximum absolute atomic E-state index is 5.67. The summed E-state index contributed by atoms with van der Waals surface area (Å²) in [6, 6.07) is 0. The van der Waals surface area contributed by atoms with Gasteiger partial charge in [0.25, 0.3) is 0 Å². The van der Waals surface area contributed by atoms with Gasteiger partial charge in [-0.3, -0.25) is 0 Å². The minimum absolute atomic E-state index is 0.830. The Kier molecular flexibility index (Phi) is 3.38. The largest absolute Gasteiger partial charge is 0.330 e. The molecule has 0 amide bonds. The molecule has 1 aliphatic rings. The molecule has 0 heterocycles. The molecular weight excluding hydrogens is 134 g/mol. The van der Waals surface area contributed by atoms with Crippen LogP contribution in [0.25, 0.3) is 0 Å². The molecule has 0 aromatic carbocycles. The summed E-state index contributed by atoms with van der Waals surface area (Å²) in [6.45, 7) is 5.58. The molecule has 0 aromatic heterocycles. The van der Waals surface area contributed by atoms with Gasteiger partial charge in [0.1, 0.15) is 0 Å². The van der Waals surface area contributed by atoms with E-state index in [0.29, 0.717) is 0 Å². The predicted octanol–water partition coefficient (Wildman–Crippen LogP) is 2.41. The first-order chi connectivity index (χ1) is 5.24. The van der Waals surface area contributed by atoms with Crippen LogP contribution in [0.2, 0.25) is 0 Å². The van der Waals surface area contributed by atoms with Crippen molar-refractivity contribution in [3.8, 4) is 0 Å². The summed E-state index contributed by atoms with van der Waals surface area (Å²) in [5.74, 6) is 2.65. The van der Waals surface area contributed by atoms with Gasteiger partial charge in [0.05, 0.1) is 0 Å². The molecule has 1 rings (SSSR count). The fourth-order valence-corrected chi connectivity index (χ4v) is 2.15. The van der Waals surface area contributed by atoms with Crippen LogP contribution in [0.1, 0.15) is 39.5 Å². The van der Waals surface area contributed by atoms with Crippen molar-refractivity contribution in [3.05, 3.63) is 0 Å². The van der Waals surface area contributed by atoms with E-state index in [0.717, 1.165) is 24.3 Å². The van der Waals surface area contributed by atoms with Crippen LogP contribution in [0.15, 0.2) is 0 Å². The Labute approximate surface area is 70.4 Å². The van der Waals surface area contributed by atoms with Crippen LogP contribution in [0.5, 0.6) is 0 Å². The highest BCUT2D eigenvalue weighted by Crippen LogP contribution is 2.32. The Hall–Kier alpha value is -0.0400. The van der Waals surface area contributed by atoms with Crippen molar-refractivity contribution >= 4 is 0 Å². The van der Waals surface area contributed by atoms with Crippen molar-refractivity contribution in [1.82, 2.24) is 0 Å². The van der Waals surface area contributed by atoms with E-state index in [9.17, 15) is 0 Å². The SMILES string of the molecule is CC(C)[C@H]1CCC[C@H](CN)C1. The van der Waals surface area contributed by atoms with E-state index < -0.39 is 0 Å². The van der Waals surface area contributed by atoms with Crippen molar-refractivity contribution < 1.29 is 0 Å². The number of hydrogen-bond donors (Lipinski definition) is 1. The minimum atomic E-state index is 0.830. The van der Waals surface area contributed by atoms with Gasteiger partial charge in [-0.05, 0) is 37.1 Å². The Morgan fingerprint density at radius 2 is 2.09 bits per heavy atom. The first-order valence-electron chi connectivity index (χ1n) is 4.94. The number of hydrogen-bond acceptors (Lipinski definition) is 1. The van der Waals surface area contributed by atoms with Gasteiger partial charge in [-0.15, -0.1) is 0 Å². The zero-order valence-corrected chi connectivity index (χ0v) is 7.84. The molecule has 0 radical (unpaired) electrons. The lowest BCUT2D eigenvalue weighted by Gasteiger charge is -2.30. The third-order valence-electron chi connectivity index (χ3n) is 3.10. The van der Waals surface area contributed by atoms with Crippen molar-refractivity contribution in [1.29, 1.82) is 0 Å². The molecule has 1 heteroatoms. The molecule has 11 heavy (non-hydrogen) atoms. The second-order valence-corrected chi connectivity index (χ2v) is 4.27. The topological polar surface area (TPSA) is 26.0 Å². The Morgan fingerprint density at radius 3 is 2.64 bits per heavy atom. The van der Waals surface area contributed by atoms with E-state index in [-0.39, 0.29) is 0 Å². The van der Waals surface area contributed by atoms with Gasteiger partial charge < -0.3 is 5.73 Å². The predicted molar refractivity (Wildman–Crippen MR) is 49.3 cm³/mol. The van der Waals surface area contributed by atoms with Crippen LogP contribution in [0.4, 0.5) is 0 Å². The van der Waals surface area contributed by atoms with Crippen molar-refractivity contribution in [3.63, 3.8) is 0 Å². The summed E-state index contributed by atoms with van der Waals surface area (Å²) in [6.07, 6.45) is 5.60. The van der Waals surface area contributed by atoms with Crippen LogP contribution < -0.4 is 5.73 Å². The van der Waals surface area contributed by atoms with Gasteiger partial charge in [-0.25, -0.2) is 0 Å². The molecule has 2 atom stereocenters. The summed E-state index contributed by atoms with van der Waals surface area (Å²) < 4.78 is 0. The molecule has 0 saturated heterocycles. The molecule has 0 aromatic rings. The smallest absolute Gasteiger partial charge is 0.00488 e. The number of rotatable bonds is 2. The lowest BCUT2D eigenvalue weighted by molar-refractivity contribution is 0.219. The van der Waals surface area contributed by atoms with Crippen LogP contribution in [0, 0.1) is 17.8 Å². The third kappa shape index (κ3) is 2.48. The Bertz CT molecular complexity index is 109. The maximum atomic E-state index is 5.67. The van der Waals surface area contributed by atoms with E-state index in [2.05, 4.69) is 13.8 Å². The van der Waals surface area contributed by atoms with Crippen molar-refractivity contribution in [2.45, 2.75) is 39.5 Å². The normalized spacial score (nSPS) is 32.7. The molecular formula is C10H21N. The average molecular weight is 155 g/mol. The van der Waals surface area contributed by atoms with E-state index in [4.69, 9.17) is 5.73 Å². The van der Waals surface area contributed by atoms with Crippen LogP contribution in [-0.2, 0) is 0 Å². The Morgan fingerprint density at radius 1 is 1.36 bits per heavy atom. The molecule has 1 aliphatic carbocycles. The van der Waals surface area contributed by atoms with Crippen molar-refractivity contribution in [2.24, 2.45) is 23.5 Å². The summed E-state index contributed by atoms with van der Waals surface area (Å²) in [5, 5.41) is 0. The molecule has 0 aliphatic heterocycles. The van der Waals surface area contributed by atoms with Gasteiger partial charge in [0.15, 0.2) is 0 Å². The summed E-state index contributed by atoms with van der Waals surface area (Å²) in [7, 11) is 0. The molecule has 0 spiro atoms. The highest BCUT2D eigenvalue weighted by Gasteiger charge is 2.22. The summed E-state index contributed by atoms with van der Waals surface area (Å²) in [4.78, 5) is 0. The minimum Gasteiger partial charge on any atom is -0.330 e. The molecule has 1 nitrogen and oxygen atoms in total. The number of nitrogens with two attached hydrogens (primary N) is 1. The average Bonchev–Trinajstić information content (AvgIpc) is 2.05. The second kappa shape index (κ2) is 4.10. The molecule has 66 valence electrons. The third-order valence-corrected chi connectivity index (χ3v) is 3.10. The molecule has 0 unspecified atom stereocenters. The van der Waals surface area contributed by atoms with Gasteiger partial charge in [0.2, 0.25) is 0 Å². The van der Waals surface area contributed by atoms with E-state index >= 15 is 0 Å². The summed E-state index contributed by atoms with van der Waals surface area (Å²) in [5.41, 5.74) is 5.67.